The summed E-state index contributed by atoms with van der Waals surface area (Å²) in [7, 11) is 1.23. The molecule has 15 heteroatoms. The van der Waals surface area contributed by atoms with E-state index in [4.69, 9.17) is 21.6 Å². The largest absolute Gasteiger partial charge is 0.480 e. The SMILES string of the molecule is C#CCOC(=O)N1C[C@H](F)[C@H](NC(=O)c2cc(-c3cc(C(F)(F)F)c4c(N)ncnn34)cnc2OC)C1. The summed E-state index contributed by atoms with van der Waals surface area (Å²) in [6.45, 7) is -0.818. The molecular weight excluding hydrogens is 502 g/mol. The standard InChI is InChI=1S/C22H19F4N7O4/c1-3-4-37-21(35)32-8-14(23)15(9-32)31-19(34)12-5-11(7-28-20(12)36-2)16-6-13(22(24,25)26)17-18(27)29-10-30-33(16)17/h1,5-7,10,14-15H,4,8-9H2,2H3,(H,31,34)(H2,27,29,30)/t14-,15+/m0/s1. The number of amides is 2. The van der Waals surface area contributed by atoms with Crippen LogP contribution in [0.3, 0.4) is 0 Å². The lowest BCUT2D eigenvalue weighted by molar-refractivity contribution is -0.136. The molecule has 3 aromatic rings. The van der Waals surface area contributed by atoms with Gasteiger partial charge in [-0.2, -0.15) is 18.3 Å². The van der Waals surface area contributed by atoms with Gasteiger partial charge in [0.1, 0.15) is 23.6 Å². The van der Waals surface area contributed by atoms with E-state index < -0.39 is 47.3 Å². The number of likely N-dealkylation sites (tertiary alicyclic amines) is 1. The minimum Gasteiger partial charge on any atom is -0.480 e. The van der Waals surface area contributed by atoms with Gasteiger partial charge in [-0.05, 0) is 12.1 Å². The molecule has 37 heavy (non-hydrogen) atoms. The molecule has 1 aliphatic rings. The van der Waals surface area contributed by atoms with Crippen molar-refractivity contribution in [2.45, 2.75) is 18.4 Å². The number of carbonyl (C=O) groups excluding carboxylic acids is 2. The maximum absolute atomic E-state index is 14.6. The Morgan fingerprint density at radius 2 is 2.05 bits per heavy atom. The molecule has 194 valence electrons. The number of fused-ring (bicyclic) bond motifs is 1. The highest BCUT2D eigenvalue weighted by Gasteiger charge is 2.38. The van der Waals surface area contributed by atoms with Crippen LogP contribution in [0.2, 0.25) is 0 Å². The van der Waals surface area contributed by atoms with E-state index in [0.29, 0.717) is 0 Å². The molecule has 11 nitrogen and oxygen atoms in total. The number of carbonyl (C=O) groups is 2. The second kappa shape index (κ2) is 9.80. The summed E-state index contributed by atoms with van der Waals surface area (Å²) in [6, 6.07) is 0.931. The quantitative estimate of drug-likeness (QED) is 0.384. The molecule has 2 atom stereocenters. The second-order valence-electron chi connectivity index (χ2n) is 7.89. The van der Waals surface area contributed by atoms with E-state index in [1.807, 2.05) is 0 Å². The van der Waals surface area contributed by atoms with Crippen molar-refractivity contribution >= 4 is 23.3 Å². The number of rotatable bonds is 5. The number of nitrogens with two attached hydrogens (primary N) is 1. The lowest BCUT2D eigenvalue weighted by Gasteiger charge is -2.17. The molecule has 0 radical (unpaired) electrons. The third-order valence-electron chi connectivity index (χ3n) is 5.58. The van der Waals surface area contributed by atoms with Gasteiger partial charge in [-0.1, -0.05) is 5.92 Å². The fourth-order valence-electron chi connectivity index (χ4n) is 3.90. The average molecular weight is 521 g/mol. The zero-order valence-electron chi connectivity index (χ0n) is 19.1. The van der Waals surface area contributed by atoms with Gasteiger partial charge in [-0.15, -0.1) is 6.42 Å². The Balaban J connectivity index is 1.66. The van der Waals surface area contributed by atoms with Gasteiger partial charge in [-0.25, -0.2) is 23.7 Å². The van der Waals surface area contributed by atoms with Crippen LogP contribution in [0.15, 0.2) is 24.7 Å². The first-order valence-corrected chi connectivity index (χ1v) is 10.6. The number of methoxy groups -OCH3 is 1. The van der Waals surface area contributed by atoms with Gasteiger partial charge in [0, 0.05) is 18.3 Å². The minimum atomic E-state index is -4.77. The predicted molar refractivity (Wildman–Crippen MR) is 120 cm³/mol. The van der Waals surface area contributed by atoms with Gasteiger partial charge in [-0.3, -0.25) is 4.79 Å². The number of nitrogen functional groups attached to an aromatic ring is 1. The third kappa shape index (κ3) is 4.90. The van der Waals surface area contributed by atoms with Crippen LogP contribution in [0, 0.1) is 12.3 Å². The summed E-state index contributed by atoms with van der Waals surface area (Å²) in [4.78, 5) is 33.7. The molecule has 1 saturated heterocycles. The Morgan fingerprint density at radius 3 is 2.73 bits per heavy atom. The van der Waals surface area contributed by atoms with Crippen LogP contribution in [0.1, 0.15) is 15.9 Å². The molecule has 0 aromatic carbocycles. The van der Waals surface area contributed by atoms with Gasteiger partial charge in [0.15, 0.2) is 12.4 Å². The summed E-state index contributed by atoms with van der Waals surface area (Å²) >= 11 is 0. The predicted octanol–water partition coefficient (Wildman–Crippen LogP) is 1.92. The molecule has 0 aliphatic carbocycles. The van der Waals surface area contributed by atoms with Crippen molar-refractivity contribution in [1.29, 1.82) is 0 Å². The number of pyridine rings is 1. The smallest absolute Gasteiger partial charge is 0.418 e. The van der Waals surface area contributed by atoms with E-state index in [-0.39, 0.29) is 42.4 Å². The number of nitrogens with one attached hydrogen (secondary N) is 1. The van der Waals surface area contributed by atoms with Crippen LogP contribution in [0.4, 0.5) is 28.2 Å². The molecule has 0 spiro atoms. The highest BCUT2D eigenvalue weighted by molar-refractivity contribution is 5.98. The molecule has 2 amide bonds. The molecule has 0 saturated carbocycles. The van der Waals surface area contributed by atoms with E-state index in [1.54, 1.807) is 0 Å². The van der Waals surface area contributed by atoms with E-state index in [1.165, 1.54) is 19.4 Å². The minimum absolute atomic E-state index is 0.0669. The van der Waals surface area contributed by atoms with E-state index in [0.717, 1.165) is 21.8 Å². The maximum Gasteiger partial charge on any atom is 0.418 e. The molecular formula is C22H19F4N7O4. The van der Waals surface area contributed by atoms with Crippen molar-refractivity contribution in [2.24, 2.45) is 0 Å². The summed E-state index contributed by atoms with van der Waals surface area (Å²) in [6.07, 6.45) is -0.0109. The Hall–Kier alpha value is -4.61. The van der Waals surface area contributed by atoms with Crippen LogP contribution in [0.25, 0.3) is 16.8 Å². The molecule has 4 heterocycles. The number of hydrogen-bond donors (Lipinski definition) is 2. The monoisotopic (exact) mass is 521 g/mol. The Labute approximate surface area is 206 Å². The van der Waals surface area contributed by atoms with Crippen LogP contribution in [-0.2, 0) is 10.9 Å². The van der Waals surface area contributed by atoms with Crippen LogP contribution >= 0.6 is 0 Å². The number of aromatic nitrogens is 4. The van der Waals surface area contributed by atoms with E-state index in [9.17, 15) is 27.2 Å². The van der Waals surface area contributed by atoms with Gasteiger partial charge in [0.2, 0.25) is 5.88 Å². The Morgan fingerprint density at radius 1 is 1.30 bits per heavy atom. The lowest BCUT2D eigenvalue weighted by Crippen LogP contribution is -2.42. The Bertz CT molecular complexity index is 1400. The fourth-order valence-corrected chi connectivity index (χ4v) is 3.90. The molecule has 1 aliphatic heterocycles. The number of hydrogen-bond acceptors (Lipinski definition) is 8. The second-order valence-corrected chi connectivity index (χ2v) is 7.89. The van der Waals surface area contributed by atoms with Gasteiger partial charge in [0.05, 0.1) is 31.0 Å². The first-order chi connectivity index (χ1) is 17.5. The average Bonchev–Trinajstić information content (AvgIpc) is 3.44. The summed E-state index contributed by atoms with van der Waals surface area (Å²) < 4.78 is 66.4. The topological polar surface area (TPSA) is 137 Å². The van der Waals surface area contributed by atoms with E-state index >= 15 is 0 Å². The maximum atomic E-state index is 14.6. The fraction of sp³-hybridized carbons (Fsp3) is 0.318. The summed E-state index contributed by atoms with van der Waals surface area (Å²) in [5, 5.41) is 6.32. The molecule has 4 rings (SSSR count). The number of ether oxygens (including phenoxy) is 2. The van der Waals surface area contributed by atoms with Crippen molar-refractivity contribution in [2.75, 3.05) is 32.5 Å². The number of terminal acetylenes is 1. The normalized spacial score (nSPS) is 17.5. The zero-order chi connectivity index (χ0) is 26.9. The number of halogens is 4. The molecule has 3 N–H and O–H groups in total. The van der Waals surface area contributed by atoms with Crippen molar-refractivity contribution < 1.29 is 36.6 Å². The summed E-state index contributed by atoms with van der Waals surface area (Å²) in [5.74, 6) is 0.735. The van der Waals surface area contributed by atoms with Gasteiger partial charge in [0.25, 0.3) is 5.91 Å². The van der Waals surface area contributed by atoms with Crippen LogP contribution < -0.4 is 15.8 Å². The number of anilines is 1. The number of alkyl halides is 4. The van der Waals surface area contributed by atoms with Crippen molar-refractivity contribution in [3.63, 3.8) is 0 Å². The third-order valence-corrected chi connectivity index (χ3v) is 5.58. The Kier molecular flexibility index (Phi) is 6.75. The van der Waals surface area contributed by atoms with Crippen molar-refractivity contribution in [3.8, 4) is 29.5 Å². The lowest BCUT2D eigenvalue weighted by atomic mass is 10.1. The highest BCUT2D eigenvalue weighted by atomic mass is 19.4. The molecule has 0 unspecified atom stereocenters. The van der Waals surface area contributed by atoms with Crippen LogP contribution in [0.5, 0.6) is 5.88 Å². The van der Waals surface area contributed by atoms with Crippen LogP contribution in [-0.4, -0.2) is 75.5 Å². The van der Waals surface area contributed by atoms with Gasteiger partial charge < -0.3 is 25.4 Å². The van der Waals surface area contributed by atoms with Crippen molar-refractivity contribution in [3.05, 3.63) is 35.8 Å². The van der Waals surface area contributed by atoms with E-state index in [2.05, 4.69) is 26.3 Å². The number of nitrogens with zero attached hydrogens (tertiary/aromatic N) is 5. The zero-order valence-corrected chi connectivity index (χ0v) is 19.1. The first kappa shape index (κ1) is 25.5. The van der Waals surface area contributed by atoms with Crippen molar-refractivity contribution in [1.82, 2.24) is 29.8 Å². The summed E-state index contributed by atoms with van der Waals surface area (Å²) in [5.41, 5.74) is 3.94. The molecule has 3 aromatic heterocycles. The molecule has 1 fully saturated rings. The molecule has 0 bridgehead atoms. The first-order valence-electron chi connectivity index (χ1n) is 10.6. The van der Waals surface area contributed by atoms with Gasteiger partial charge >= 0.3 is 12.3 Å². The highest BCUT2D eigenvalue weighted by Crippen LogP contribution is 2.39.